The molecule has 0 aliphatic rings. The van der Waals surface area contributed by atoms with Crippen molar-refractivity contribution in [2.24, 2.45) is 0 Å². The minimum atomic E-state index is -0.545. The fourth-order valence-electron chi connectivity index (χ4n) is 2.50. The monoisotopic (exact) mass is 325 g/mol. The lowest BCUT2D eigenvalue weighted by molar-refractivity contribution is -0.113. The van der Waals surface area contributed by atoms with Crippen LogP contribution < -0.4 is 4.74 Å². The van der Waals surface area contributed by atoms with Gasteiger partial charge in [0.05, 0.1) is 0 Å². The molecule has 1 amide bonds. The summed E-state index contributed by atoms with van der Waals surface area (Å²) in [7, 11) is 0. The third-order valence-corrected chi connectivity index (χ3v) is 3.87. The molecule has 4 heteroatoms. The second kappa shape index (κ2) is 8.87. The van der Waals surface area contributed by atoms with E-state index in [1.165, 1.54) is 0 Å². The van der Waals surface area contributed by atoms with E-state index in [9.17, 15) is 9.59 Å². The van der Waals surface area contributed by atoms with E-state index in [2.05, 4.69) is 0 Å². The molecule has 0 heterocycles. The van der Waals surface area contributed by atoms with Gasteiger partial charge in [0.1, 0.15) is 5.75 Å². The number of hydrogen-bond acceptors (Lipinski definition) is 3. The predicted octanol–water partition coefficient (Wildman–Crippen LogP) is 3.36. The Kier molecular flexibility index (Phi) is 6.55. The predicted molar refractivity (Wildman–Crippen MR) is 94.3 cm³/mol. The molecule has 126 valence electrons. The van der Waals surface area contributed by atoms with E-state index in [0.717, 1.165) is 11.8 Å². The van der Waals surface area contributed by atoms with Gasteiger partial charge in [0.25, 0.3) is 5.91 Å². The van der Waals surface area contributed by atoms with Crippen LogP contribution in [-0.2, 0) is 11.2 Å². The summed E-state index contributed by atoms with van der Waals surface area (Å²) in [4.78, 5) is 25.3. The Hall–Kier alpha value is -2.62. The lowest BCUT2D eigenvalue weighted by Gasteiger charge is -2.19. The highest BCUT2D eigenvalue weighted by molar-refractivity contribution is 5.94. The van der Waals surface area contributed by atoms with E-state index < -0.39 is 6.10 Å². The Labute approximate surface area is 143 Å². The van der Waals surface area contributed by atoms with Crippen LogP contribution in [0.2, 0.25) is 0 Å². The molecular weight excluding hydrogens is 302 g/mol. The van der Waals surface area contributed by atoms with Gasteiger partial charge in [-0.05, 0) is 43.7 Å². The maximum absolute atomic E-state index is 12.3. The first-order valence-corrected chi connectivity index (χ1v) is 8.23. The molecule has 1 atom stereocenters. The zero-order chi connectivity index (χ0) is 17.4. The maximum atomic E-state index is 12.3. The molecule has 0 radical (unpaired) electrons. The van der Waals surface area contributed by atoms with Crippen molar-refractivity contribution in [3.05, 3.63) is 65.7 Å². The summed E-state index contributed by atoms with van der Waals surface area (Å²) in [6, 6.07) is 16.6. The molecule has 2 aromatic rings. The third-order valence-electron chi connectivity index (χ3n) is 3.87. The number of carbonyl (C=O) groups excluding carboxylic acids is 2. The molecule has 0 aromatic heterocycles. The van der Waals surface area contributed by atoms with Crippen molar-refractivity contribution in [3.63, 3.8) is 0 Å². The molecule has 0 spiro atoms. The number of ether oxygens (including phenoxy) is 1. The fourth-order valence-corrected chi connectivity index (χ4v) is 2.50. The number of hydrogen-bond donors (Lipinski definition) is 0. The van der Waals surface area contributed by atoms with Gasteiger partial charge in [0.2, 0.25) is 0 Å². The highest BCUT2D eigenvalue weighted by Crippen LogP contribution is 2.14. The van der Waals surface area contributed by atoms with Gasteiger partial charge in [0.15, 0.2) is 12.4 Å². The van der Waals surface area contributed by atoms with Crippen molar-refractivity contribution in [3.8, 4) is 5.75 Å². The number of carbonyl (C=O) groups is 2. The summed E-state index contributed by atoms with van der Waals surface area (Å²) in [5.74, 6) is 0.696. The summed E-state index contributed by atoms with van der Waals surface area (Å²) in [5.41, 5.74) is 1.62. The zero-order valence-electron chi connectivity index (χ0n) is 14.1. The molecule has 2 rings (SSSR count). The van der Waals surface area contributed by atoms with Crippen molar-refractivity contribution >= 4 is 12.2 Å². The second-order valence-electron chi connectivity index (χ2n) is 5.48. The van der Waals surface area contributed by atoms with Gasteiger partial charge in [-0.15, -0.1) is 0 Å². The number of aldehydes is 1. The molecule has 0 saturated heterocycles. The highest BCUT2D eigenvalue weighted by Gasteiger charge is 2.14. The normalized spacial score (nSPS) is 11.6. The fraction of sp³-hybridized carbons (Fsp3) is 0.300. The van der Waals surface area contributed by atoms with E-state index in [4.69, 9.17) is 4.74 Å². The Morgan fingerprint density at radius 2 is 1.67 bits per heavy atom. The summed E-state index contributed by atoms with van der Waals surface area (Å²) in [5, 5.41) is 0. The van der Waals surface area contributed by atoms with Crippen molar-refractivity contribution in [1.29, 1.82) is 0 Å². The van der Waals surface area contributed by atoms with E-state index in [-0.39, 0.29) is 5.91 Å². The second-order valence-corrected chi connectivity index (χ2v) is 5.48. The molecule has 2 aromatic carbocycles. The van der Waals surface area contributed by atoms with Gasteiger partial charge in [0, 0.05) is 25.1 Å². The van der Waals surface area contributed by atoms with Crippen LogP contribution in [0.1, 0.15) is 29.8 Å². The molecule has 0 aliphatic carbocycles. The summed E-state index contributed by atoms with van der Waals surface area (Å²) >= 11 is 0. The third kappa shape index (κ3) is 4.69. The number of benzene rings is 2. The zero-order valence-corrected chi connectivity index (χ0v) is 14.1. The summed E-state index contributed by atoms with van der Waals surface area (Å²) < 4.78 is 5.68. The first kappa shape index (κ1) is 17.7. The molecule has 24 heavy (non-hydrogen) atoms. The summed E-state index contributed by atoms with van der Waals surface area (Å²) in [6.07, 6.45) is 0.733. The van der Waals surface area contributed by atoms with Crippen LogP contribution in [0.5, 0.6) is 5.75 Å². The molecule has 0 fully saturated rings. The molecule has 0 saturated carbocycles. The average Bonchev–Trinajstić information content (AvgIpc) is 2.63. The lowest BCUT2D eigenvalue weighted by Crippen LogP contribution is -2.30. The maximum Gasteiger partial charge on any atom is 0.253 e. The van der Waals surface area contributed by atoms with Crippen molar-refractivity contribution in [2.45, 2.75) is 26.4 Å². The number of para-hydroxylation sites is 1. The number of nitrogens with zero attached hydrogens (tertiary/aromatic N) is 1. The Morgan fingerprint density at radius 3 is 2.21 bits per heavy atom. The van der Waals surface area contributed by atoms with Crippen LogP contribution in [0.4, 0.5) is 0 Å². The van der Waals surface area contributed by atoms with Crippen LogP contribution in [-0.4, -0.2) is 36.3 Å². The van der Waals surface area contributed by atoms with Gasteiger partial charge >= 0.3 is 0 Å². The Balaban J connectivity index is 2.02. The van der Waals surface area contributed by atoms with Gasteiger partial charge in [-0.3, -0.25) is 9.59 Å². The van der Waals surface area contributed by atoms with E-state index in [0.29, 0.717) is 30.8 Å². The van der Waals surface area contributed by atoms with Crippen LogP contribution >= 0.6 is 0 Å². The highest BCUT2D eigenvalue weighted by atomic mass is 16.5. The molecule has 4 nitrogen and oxygen atoms in total. The van der Waals surface area contributed by atoms with Gasteiger partial charge in [-0.25, -0.2) is 0 Å². The van der Waals surface area contributed by atoms with Crippen LogP contribution in [0, 0.1) is 0 Å². The smallest absolute Gasteiger partial charge is 0.253 e. The van der Waals surface area contributed by atoms with Crippen molar-refractivity contribution < 1.29 is 14.3 Å². The lowest BCUT2D eigenvalue weighted by atomic mass is 10.1. The van der Waals surface area contributed by atoms with E-state index >= 15 is 0 Å². The summed E-state index contributed by atoms with van der Waals surface area (Å²) in [6.45, 7) is 5.31. The molecule has 0 aliphatic heterocycles. The molecule has 1 unspecified atom stereocenters. The van der Waals surface area contributed by atoms with E-state index in [1.807, 2.05) is 56.3 Å². The topological polar surface area (TPSA) is 46.6 Å². The quantitative estimate of drug-likeness (QED) is 0.699. The first-order chi connectivity index (χ1) is 11.7. The SMILES string of the molecule is CCN(CC)C(=O)c1ccc(CC(C=O)Oc2ccccc2)cc1. The number of amides is 1. The van der Waals surface area contributed by atoms with Gasteiger partial charge < -0.3 is 9.64 Å². The molecular formula is C20H23NO3. The number of rotatable bonds is 8. The average molecular weight is 325 g/mol. The van der Waals surface area contributed by atoms with Gasteiger partial charge in [-0.2, -0.15) is 0 Å². The van der Waals surface area contributed by atoms with Crippen LogP contribution in [0.25, 0.3) is 0 Å². The minimum Gasteiger partial charge on any atom is -0.483 e. The van der Waals surface area contributed by atoms with Crippen LogP contribution in [0.15, 0.2) is 54.6 Å². The Morgan fingerprint density at radius 1 is 1.04 bits per heavy atom. The standard InChI is InChI=1S/C20H23NO3/c1-3-21(4-2)20(23)17-12-10-16(11-13-17)14-19(15-22)24-18-8-6-5-7-9-18/h5-13,15,19H,3-4,14H2,1-2H3. The Bertz CT molecular complexity index is 648. The van der Waals surface area contributed by atoms with Crippen molar-refractivity contribution in [1.82, 2.24) is 4.90 Å². The van der Waals surface area contributed by atoms with E-state index in [1.54, 1.807) is 17.0 Å². The molecule has 0 N–H and O–H groups in total. The first-order valence-electron chi connectivity index (χ1n) is 8.23. The molecule has 0 bridgehead atoms. The van der Waals surface area contributed by atoms with Crippen LogP contribution in [0.3, 0.4) is 0 Å². The largest absolute Gasteiger partial charge is 0.483 e. The minimum absolute atomic E-state index is 0.0269. The van der Waals surface area contributed by atoms with Crippen molar-refractivity contribution in [2.75, 3.05) is 13.1 Å². The van der Waals surface area contributed by atoms with Gasteiger partial charge in [-0.1, -0.05) is 30.3 Å².